The smallest absolute Gasteiger partial charge is 0.212 e. The minimum absolute atomic E-state index is 0.291. The fourth-order valence-corrected chi connectivity index (χ4v) is 4.04. The molecule has 0 unspecified atom stereocenters. The Labute approximate surface area is 159 Å². The van der Waals surface area contributed by atoms with Gasteiger partial charge in [-0.25, -0.2) is 14.4 Å². The van der Waals surface area contributed by atoms with Crippen LogP contribution in [0.4, 0.5) is 11.8 Å². The highest BCUT2D eigenvalue weighted by atomic mass is 35.5. The number of nitrogens with two attached hydrogens (primary N) is 1. The van der Waals surface area contributed by atoms with Crippen LogP contribution in [-0.2, 0) is 0 Å². The van der Waals surface area contributed by atoms with Gasteiger partial charge in [-0.1, -0.05) is 23.4 Å². The van der Waals surface area contributed by atoms with Crippen LogP contribution in [-0.4, -0.2) is 48.4 Å². The number of nitrogens with zero attached hydrogens (tertiary/aromatic N) is 6. The van der Waals surface area contributed by atoms with Gasteiger partial charge in [-0.15, -0.1) is 10.2 Å². The molecule has 1 aliphatic rings. The number of aliphatic hydroxyl groups is 1. The van der Waals surface area contributed by atoms with Gasteiger partial charge in [0.05, 0.1) is 15.5 Å². The molecular weight excluding hydrogens is 374 g/mol. The van der Waals surface area contributed by atoms with E-state index in [1.807, 2.05) is 11.3 Å². The molecule has 3 N–H and O–H groups in total. The van der Waals surface area contributed by atoms with Gasteiger partial charge in [-0.2, -0.15) is 0 Å². The van der Waals surface area contributed by atoms with Gasteiger partial charge >= 0.3 is 0 Å². The number of aromatic nitrogens is 5. The van der Waals surface area contributed by atoms with Gasteiger partial charge in [0.25, 0.3) is 0 Å². The summed E-state index contributed by atoms with van der Waals surface area (Å²) in [6.07, 6.45) is 6.42. The van der Waals surface area contributed by atoms with E-state index in [1.165, 1.54) is 11.8 Å². The Morgan fingerprint density at radius 2 is 2.04 bits per heavy atom. The molecule has 3 aromatic rings. The molecule has 0 amide bonds. The van der Waals surface area contributed by atoms with Crippen molar-refractivity contribution in [2.75, 3.05) is 23.7 Å². The number of hydrogen-bond acceptors (Lipinski definition) is 8. The summed E-state index contributed by atoms with van der Waals surface area (Å²) in [4.78, 5) is 12.3. The Morgan fingerprint density at radius 3 is 2.81 bits per heavy atom. The number of rotatable bonds is 3. The summed E-state index contributed by atoms with van der Waals surface area (Å²) in [7, 11) is 0. The summed E-state index contributed by atoms with van der Waals surface area (Å²) in [5.74, 6) is 1.06. The molecule has 1 aliphatic heterocycles. The van der Waals surface area contributed by atoms with Gasteiger partial charge in [0.2, 0.25) is 5.95 Å². The summed E-state index contributed by atoms with van der Waals surface area (Å²) in [5.41, 5.74) is 5.86. The first-order chi connectivity index (χ1) is 12.4. The van der Waals surface area contributed by atoms with Crippen molar-refractivity contribution in [2.45, 2.75) is 35.2 Å². The maximum absolute atomic E-state index is 10.2. The van der Waals surface area contributed by atoms with Crippen molar-refractivity contribution >= 4 is 40.8 Å². The molecule has 0 spiro atoms. The van der Waals surface area contributed by atoms with Crippen LogP contribution in [0.5, 0.6) is 0 Å². The molecule has 4 heterocycles. The topological polar surface area (TPSA) is 105 Å². The molecule has 0 aromatic carbocycles. The van der Waals surface area contributed by atoms with Crippen molar-refractivity contribution in [1.29, 1.82) is 0 Å². The van der Waals surface area contributed by atoms with Gasteiger partial charge in [0, 0.05) is 30.4 Å². The van der Waals surface area contributed by atoms with E-state index in [1.54, 1.807) is 24.8 Å². The van der Waals surface area contributed by atoms with E-state index in [4.69, 9.17) is 17.3 Å². The molecule has 136 valence electrons. The van der Waals surface area contributed by atoms with Gasteiger partial charge in [-0.3, -0.25) is 0 Å². The summed E-state index contributed by atoms with van der Waals surface area (Å²) in [6.45, 7) is 3.33. The molecule has 0 saturated carbocycles. The quantitative estimate of drug-likeness (QED) is 0.700. The van der Waals surface area contributed by atoms with E-state index in [9.17, 15) is 5.11 Å². The molecule has 26 heavy (non-hydrogen) atoms. The van der Waals surface area contributed by atoms with E-state index < -0.39 is 5.60 Å². The molecular formula is C16H18ClN7OS. The molecule has 0 bridgehead atoms. The number of fused-ring (bicyclic) bond motifs is 1. The summed E-state index contributed by atoms with van der Waals surface area (Å²) < 4.78 is 1.86. The van der Waals surface area contributed by atoms with Crippen molar-refractivity contribution in [3.63, 3.8) is 0 Å². The minimum atomic E-state index is -0.614. The molecule has 0 aliphatic carbocycles. The van der Waals surface area contributed by atoms with E-state index >= 15 is 0 Å². The summed E-state index contributed by atoms with van der Waals surface area (Å²) >= 11 is 7.67. The first kappa shape index (κ1) is 17.3. The monoisotopic (exact) mass is 391 g/mol. The zero-order valence-corrected chi connectivity index (χ0v) is 15.7. The molecule has 10 heteroatoms. The van der Waals surface area contributed by atoms with Crippen molar-refractivity contribution in [3.05, 3.63) is 29.8 Å². The number of pyridine rings is 1. The molecule has 8 nitrogen and oxygen atoms in total. The fraction of sp³-hybridized carbons (Fsp3) is 0.375. The number of anilines is 2. The minimum Gasteiger partial charge on any atom is -0.390 e. The highest BCUT2D eigenvalue weighted by Crippen LogP contribution is 2.37. The van der Waals surface area contributed by atoms with Gasteiger partial charge < -0.3 is 15.7 Å². The number of halogens is 1. The van der Waals surface area contributed by atoms with Crippen LogP contribution < -0.4 is 10.6 Å². The fourth-order valence-electron chi connectivity index (χ4n) is 2.92. The zero-order chi connectivity index (χ0) is 18.3. The van der Waals surface area contributed by atoms with Crippen LogP contribution in [0, 0.1) is 0 Å². The SMILES string of the molecule is CC1(O)CCN(c2ncc(Sc3ccnc(N)c3Cl)c3nncn23)CC1. The van der Waals surface area contributed by atoms with E-state index in [2.05, 4.69) is 25.1 Å². The van der Waals surface area contributed by atoms with Crippen molar-refractivity contribution in [3.8, 4) is 0 Å². The van der Waals surface area contributed by atoms with E-state index in [-0.39, 0.29) is 0 Å². The van der Waals surface area contributed by atoms with Gasteiger partial charge in [0.15, 0.2) is 5.65 Å². The van der Waals surface area contributed by atoms with Crippen molar-refractivity contribution < 1.29 is 5.11 Å². The average Bonchev–Trinajstić information content (AvgIpc) is 3.10. The van der Waals surface area contributed by atoms with Gasteiger partial charge in [0.1, 0.15) is 12.1 Å². The lowest BCUT2D eigenvalue weighted by molar-refractivity contribution is 0.0348. The maximum atomic E-state index is 10.2. The highest BCUT2D eigenvalue weighted by molar-refractivity contribution is 7.99. The first-order valence-electron chi connectivity index (χ1n) is 8.18. The Hall–Kier alpha value is -2.10. The zero-order valence-electron chi connectivity index (χ0n) is 14.1. The predicted octanol–water partition coefficient (Wildman–Crippen LogP) is 2.26. The second kappa shape index (κ2) is 6.57. The molecule has 0 radical (unpaired) electrons. The van der Waals surface area contributed by atoms with Crippen LogP contribution in [0.15, 0.2) is 34.6 Å². The lowest BCUT2D eigenvalue weighted by Crippen LogP contribution is -2.43. The third-order valence-corrected chi connectivity index (χ3v) is 6.08. The molecule has 1 fully saturated rings. The summed E-state index contributed by atoms with van der Waals surface area (Å²) in [6, 6.07) is 1.80. The highest BCUT2D eigenvalue weighted by Gasteiger charge is 2.29. The Kier molecular flexibility index (Phi) is 4.37. The van der Waals surface area contributed by atoms with Crippen LogP contribution in [0.25, 0.3) is 5.65 Å². The predicted molar refractivity (Wildman–Crippen MR) is 101 cm³/mol. The number of piperidine rings is 1. The van der Waals surface area contributed by atoms with E-state index in [0.717, 1.165) is 28.8 Å². The lowest BCUT2D eigenvalue weighted by Gasteiger charge is -2.36. The van der Waals surface area contributed by atoms with E-state index in [0.29, 0.717) is 29.3 Å². The van der Waals surface area contributed by atoms with Crippen LogP contribution in [0.1, 0.15) is 19.8 Å². The lowest BCUT2D eigenvalue weighted by atomic mass is 9.94. The Morgan fingerprint density at radius 1 is 1.27 bits per heavy atom. The molecule has 0 atom stereocenters. The number of nitrogen functional groups attached to an aromatic ring is 1. The third kappa shape index (κ3) is 3.17. The second-order valence-corrected chi connectivity index (χ2v) is 8.00. The standard InChI is InChI=1S/C16H18ClN7OS/c1-16(25)3-6-23(7-4-16)15-20-8-11(14-22-21-9-24(14)15)26-10-2-5-19-13(18)12(10)17/h2,5,8-9,25H,3-4,6-7H2,1H3,(H2,18,19). The van der Waals surface area contributed by atoms with Crippen LogP contribution in [0.2, 0.25) is 5.02 Å². The second-order valence-electron chi connectivity index (χ2n) is 6.54. The van der Waals surface area contributed by atoms with Crippen LogP contribution >= 0.6 is 23.4 Å². The largest absolute Gasteiger partial charge is 0.390 e. The molecule has 3 aromatic heterocycles. The average molecular weight is 392 g/mol. The maximum Gasteiger partial charge on any atom is 0.212 e. The normalized spacial score (nSPS) is 17.0. The van der Waals surface area contributed by atoms with Crippen LogP contribution in [0.3, 0.4) is 0 Å². The third-order valence-electron chi connectivity index (χ3n) is 4.50. The number of hydrogen-bond donors (Lipinski definition) is 2. The summed E-state index contributed by atoms with van der Waals surface area (Å²) in [5, 5.41) is 18.9. The van der Waals surface area contributed by atoms with Crippen molar-refractivity contribution in [1.82, 2.24) is 24.6 Å². The van der Waals surface area contributed by atoms with Crippen molar-refractivity contribution in [2.24, 2.45) is 0 Å². The Balaban J connectivity index is 1.67. The molecule has 4 rings (SSSR count). The molecule has 1 saturated heterocycles. The first-order valence-corrected chi connectivity index (χ1v) is 9.38. The van der Waals surface area contributed by atoms with Gasteiger partial charge in [-0.05, 0) is 25.8 Å². The Bertz CT molecular complexity index is 951.